The van der Waals surface area contributed by atoms with Crippen molar-refractivity contribution in [1.29, 1.82) is 0 Å². The molecule has 1 rings (SSSR count). The number of amides is 1. The lowest BCUT2D eigenvalue weighted by Crippen LogP contribution is -2.28. The first-order valence-electron chi connectivity index (χ1n) is 6.77. The Labute approximate surface area is 101 Å². The Bertz CT molecular complexity index is 143. The molecule has 0 unspecified atom stereocenters. The zero-order valence-corrected chi connectivity index (χ0v) is 11.6. The molecule has 0 spiro atoms. The van der Waals surface area contributed by atoms with E-state index in [2.05, 4.69) is 5.32 Å². The molecule has 3 nitrogen and oxygen atoms in total. The van der Waals surface area contributed by atoms with Gasteiger partial charge in [-0.15, -0.1) is 0 Å². The van der Waals surface area contributed by atoms with Crippen LogP contribution in [0.15, 0.2) is 0 Å². The summed E-state index contributed by atoms with van der Waals surface area (Å²) in [6.45, 7) is 10.7. The highest BCUT2D eigenvalue weighted by Crippen LogP contribution is 2.20. The van der Waals surface area contributed by atoms with E-state index in [1.165, 1.54) is 12.8 Å². The second-order valence-corrected chi connectivity index (χ2v) is 3.24. The number of carbonyl (C=O) groups excluding carboxylic acids is 1. The summed E-state index contributed by atoms with van der Waals surface area (Å²) >= 11 is 0. The van der Waals surface area contributed by atoms with Crippen LogP contribution in [0.3, 0.4) is 0 Å². The summed E-state index contributed by atoms with van der Waals surface area (Å²) in [6.07, 6.45) is 5.38. The van der Waals surface area contributed by atoms with Gasteiger partial charge in [0.05, 0.1) is 0 Å². The van der Waals surface area contributed by atoms with Crippen molar-refractivity contribution in [3.8, 4) is 0 Å². The molecule has 1 saturated carbocycles. The number of rotatable bonds is 3. The Morgan fingerprint density at radius 3 is 2.12 bits per heavy atom. The molecule has 1 fully saturated rings. The van der Waals surface area contributed by atoms with E-state index in [-0.39, 0.29) is 12.2 Å². The van der Waals surface area contributed by atoms with Crippen LogP contribution in [0.1, 0.15) is 66.7 Å². The maximum Gasteiger partial charge on any atom is 0.407 e. The predicted octanol–water partition coefficient (Wildman–Crippen LogP) is 4.12. The van der Waals surface area contributed by atoms with Crippen LogP contribution in [0.2, 0.25) is 0 Å². The zero-order chi connectivity index (χ0) is 12.8. The van der Waals surface area contributed by atoms with Gasteiger partial charge in [-0.05, 0) is 32.1 Å². The van der Waals surface area contributed by atoms with E-state index in [1.807, 2.05) is 34.6 Å². The van der Waals surface area contributed by atoms with Gasteiger partial charge in [-0.1, -0.05) is 34.6 Å². The third kappa shape index (κ3) is 9.81. The fraction of sp³-hybridized carbons (Fsp3) is 0.923. The van der Waals surface area contributed by atoms with Crippen LogP contribution >= 0.6 is 0 Å². The number of alkyl carbamates (subject to hydrolysis) is 1. The third-order valence-corrected chi connectivity index (χ3v) is 2.10. The first-order chi connectivity index (χ1) is 7.83. The SMILES string of the molecule is CC.CC.CCCNC(=O)OC1CCCC1. The van der Waals surface area contributed by atoms with E-state index in [0.717, 1.165) is 19.3 Å². The molecule has 98 valence electrons. The fourth-order valence-electron chi connectivity index (χ4n) is 1.43. The lowest BCUT2D eigenvalue weighted by molar-refractivity contribution is 0.101. The van der Waals surface area contributed by atoms with E-state index in [0.29, 0.717) is 6.54 Å². The first kappa shape index (κ1) is 17.7. The molecule has 0 radical (unpaired) electrons. The molecule has 0 aromatic heterocycles. The van der Waals surface area contributed by atoms with Crippen molar-refractivity contribution in [2.75, 3.05) is 6.54 Å². The van der Waals surface area contributed by atoms with E-state index in [1.54, 1.807) is 0 Å². The lowest BCUT2D eigenvalue weighted by Gasteiger charge is -2.11. The number of hydrogen-bond donors (Lipinski definition) is 1. The second-order valence-electron chi connectivity index (χ2n) is 3.24. The molecule has 0 atom stereocenters. The quantitative estimate of drug-likeness (QED) is 0.793. The zero-order valence-electron chi connectivity index (χ0n) is 11.6. The van der Waals surface area contributed by atoms with Crippen LogP contribution in [0.4, 0.5) is 4.79 Å². The van der Waals surface area contributed by atoms with Gasteiger partial charge in [-0.3, -0.25) is 0 Å². The topological polar surface area (TPSA) is 38.3 Å². The monoisotopic (exact) mass is 231 g/mol. The molecule has 0 saturated heterocycles. The van der Waals surface area contributed by atoms with Crippen molar-refractivity contribution in [3.63, 3.8) is 0 Å². The Morgan fingerprint density at radius 1 is 1.19 bits per heavy atom. The summed E-state index contributed by atoms with van der Waals surface area (Å²) in [5, 5.41) is 2.70. The normalized spacial score (nSPS) is 14.1. The average molecular weight is 231 g/mol. The van der Waals surface area contributed by atoms with E-state index < -0.39 is 0 Å². The van der Waals surface area contributed by atoms with Gasteiger partial charge in [-0.25, -0.2) is 4.79 Å². The smallest absolute Gasteiger partial charge is 0.407 e. The summed E-state index contributed by atoms with van der Waals surface area (Å²) in [5.41, 5.74) is 0. The molecule has 0 aromatic rings. The van der Waals surface area contributed by atoms with Crippen LogP contribution in [0, 0.1) is 0 Å². The average Bonchev–Trinajstić information content (AvgIpc) is 2.84. The van der Waals surface area contributed by atoms with Gasteiger partial charge in [0.15, 0.2) is 0 Å². The molecule has 1 amide bonds. The predicted molar refractivity (Wildman–Crippen MR) is 69.7 cm³/mol. The summed E-state index contributed by atoms with van der Waals surface area (Å²) in [6, 6.07) is 0. The number of carbonyl (C=O) groups is 1. The maximum atomic E-state index is 11.0. The minimum Gasteiger partial charge on any atom is -0.446 e. The number of hydrogen-bond acceptors (Lipinski definition) is 2. The summed E-state index contributed by atoms with van der Waals surface area (Å²) in [5.74, 6) is 0. The van der Waals surface area contributed by atoms with E-state index in [9.17, 15) is 4.79 Å². The highest BCUT2D eigenvalue weighted by Gasteiger charge is 2.18. The van der Waals surface area contributed by atoms with Crippen LogP contribution in [0.25, 0.3) is 0 Å². The molecule has 0 heterocycles. The van der Waals surface area contributed by atoms with Crippen LogP contribution in [-0.4, -0.2) is 18.7 Å². The highest BCUT2D eigenvalue weighted by atomic mass is 16.6. The fourth-order valence-corrected chi connectivity index (χ4v) is 1.43. The summed E-state index contributed by atoms with van der Waals surface area (Å²) in [7, 11) is 0. The van der Waals surface area contributed by atoms with Gasteiger partial charge >= 0.3 is 6.09 Å². The van der Waals surface area contributed by atoms with Crippen LogP contribution < -0.4 is 5.32 Å². The van der Waals surface area contributed by atoms with E-state index >= 15 is 0 Å². The molecule has 0 aliphatic heterocycles. The van der Waals surface area contributed by atoms with E-state index in [4.69, 9.17) is 4.74 Å². The molecule has 16 heavy (non-hydrogen) atoms. The molecule has 1 N–H and O–H groups in total. The van der Waals surface area contributed by atoms with Gasteiger partial charge in [0.1, 0.15) is 6.10 Å². The first-order valence-corrected chi connectivity index (χ1v) is 6.77. The van der Waals surface area contributed by atoms with Crippen molar-refractivity contribution in [3.05, 3.63) is 0 Å². The Hall–Kier alpha value is -0.730. The minimum atomic E-state index is -0.247. The number of ether oxygens (including phenoxy) is 1. The van der Waals surface area contributed by atoms with Gasteiger partial charge in [0, 0.05) is 6.54 Å². The maximum absolute atomic E-state index is 11.0. The second kappa shape index (κ2) is 14.3. The van der Waals surface area contributed by atoms with Gasteiger partial charge in [-0.2, -0.15) is 0 Å². The molecular formula is C13H29NO2. The largest absolute Gasteiger partial charge is 0.446 e. The minimum absolute atomic E-state index is 0.182. The molecule has 1 aliphatic rings. The van der Waals surface area contributed by atoms with Crippen molar-refractivity contribution in [2.45, 2.75) is 72.8 Å². The highest BCUT2D eigenvalue weighted by molar-refractivity contribution is 5.67. The lowest BCUT2D eigenvalue weighted by atomic mass is 10.3. The standard InChI is InChI=1S/C9H17NO2.2C2H6/c1-2-7-10-9(11)12-8-5-3-4-6-8;2*1-2/h8H,2-7H2,1H3,(H,10,11);2*1-2H3. The van der Waals surface area contributed by atoms with Gasteiger partial charge < -0.3 is 10.1 Å². The number of nitrogens with one attached hydrogen (secondary N) is 1. The summed E-state index contributed by atoms with van der Waals surface area (Å²) in [4.78, 5) is 11.0. The van der Waals surface area contributed by atoms with Crippen molar-refractivity contribution in [2.24, 2.45) is 0 Å². The molecule has 1 aliphatic carbocycles. The Kier molecular flexibility index (Phi) is 15.7. The van der Waals surface area contributed by atoms with Crippen LogP contribution in [0.5, 0.6) is 0 Å². The van der Waals surface area contributed by atoms with Crippen molar-refractivity contribution < 1.29 is 9.53 Å². The summed E-state index contributed by atoms with van der Waals surface area (Å²) < 4.78 is 5.16. The Morgan fingerprint density at radius 2 is 1.69 bits per heavy atom. The van der Waals surface area contributed by atoms with Crippen molar-refractivity contribution >= 4 is 6.09 Å². The van der Waals surface area contributed by atoms with Crippen molar-refractivity contribution in [1.82, 2.24) is 5.32 Å². The Balaban J connectivity index is 0. The van der Waals surface area contributed by atoms with Gasteiger partial charge in [0.25, 0.3) is 0 Å². The van der Waals surface area contributed by atoms with Gasteiger partial charge in [0.2, 0.25) is 0 Å². The third-order valence-electron chi connectivity index (χ3n) is 2.10. The molecular weight excluding hydrogens is 202 g/mol. The molecule has 3 heteroatoms. The molecule has 0 bridgehead atoms. The van der Waals surface area contributed by atoms with Crippen LogP contribution in [-0.2, 0) is 4.74 Å². The molecule has 0 aromatic carbocycles.